The lowest BCUT2D eigenvalue weighted by Crippen LogP contribution is -2.42. The van der Waals surface area contributed by atoms with Crippen LogP contribution in [0, 0.1) is 11.8 Å². The van der Waals surface area contributed by atoms with E-state index in [1.807, 2.05) is 6.07 Å². The molecule has 0 bridgehead atoms. The summed E-state index contributed by atoms with van der Waals surface area (Å²) in [5.74, 6) is 0.285. The van der Waals surface area contributed by atoms with Crippen molar-refractivity contribution in [1.29, 1.82) is 0 Å². The quantitative estimate of drug-likeness (QED) is 0.241. The second kappa shape index (κ2) is 15.8. The molecule has 1 aromatic carbocycles. The number of fused-ring (bicyclic) bond motifs is 1. The zero-order chi connectivity index (χ0) is 30.1. The number of benzene rings is 1. The summed E-state index contributed by atoms with van der Waals surface area (Å²) in [4.78, 5) is 46.4. The van der Waals surface area contributed by atoms with Gasteiger partial charge < -0.3 is 10.6 Å². The molecular formula is C34H50N4O3S. The molecule has 7 nitrogen and oxygen atoms in total. The van der Waals surface area contributed by atoms with Gasteiger partial charge in [0.15, 0.2) is 5.78 Å². The third-order valence-corrected chi connectivity index (χ3v) is 10.1. The third-order valence-electron chi connectivity index (χ3n) is 9.04. The van der Waals surface area contributed by atoms with E-state index in [4.69, 9.17) is 4.98 Å². The number of carbonyl (C=O) groups excluding carboxylic acids is 3. The Balaban J connectivity index is 1.44. The molecule has 2 amide bonds. The number of Topliss-reactive ketones (excluding diaryl/α,β-unsaturated/α-hetero) is 1. The Morgan fingerprint density at radius 1 is 1.10 bits per heavy atom. The second-order valence-corrected chi connectivity index (χ2v) is 13.9. The number of likely N-dealkylation sites (tertiary alicyclic amines) is 1. The van der Waals surface area contributed by atoms with Crippen LogP contribution in [0.2, 0.25) is 0 Å². The summed E-state index contributed by atoms with van der Waals surface area (Å²) in [6.45, 7) is 11.2. The number of rotatable bonds is 15. The zero-order valence-corrected chi connectivity index (χ0v) is 26.7. The molecule has 4 rings (SSSR count). The molecule has 1 aliphatic heterocycles. The largest absolute Gasteiger partial charge is 0.359 e. The van der Waals surface area contributed by atoms with E-state index in [0.717, 1.165) is 34.7 Å². The molecule has 1 aliphatic carbocycles. The maximum atomic E-state index is 13.8. The highest BCUT2D eigenvalue weighted by Crippen LogP contribution is 2.30. The zero-order valence-electron chi connectivity index (χ0n) is 25.9. The summed E-state index contributed by atoms with van der Waals surface area (Å²) in [7, 11) is 1.61. The summed E-state index contributed by atoms with van der Waals surface area (Å²) < 4.78 is 1.11. The Kier molecular flexibility index (Phi) is 12.1. The minimum atomic E-state index is -0.523. The number of carbonyl (C=O) groups is 3. The number of hydrogen-bond acceptors (Lipinski definition) is 6. The fraction of sp³-hybridized carbons (Fsp3) is 0.647. The van der Waals surface area contributed by atoms with E-state index in [1.54, 1.807) is 18.4 Å². The summed E-state index contributed by atoms with van der Waals surface area (Å²) in [5, 5.41) is 6.86. The molecule has 1 saturated carbocycles. The van der Waals surface area contributed by atoms with Gasteiger partial charge >= 0.3 is 0 Å². The summed E-state index contributed by atoms with van der Waals surface area (Å²) in [5.41, 5.74) is 2.87. The van der Waals surface area contributed by atoms with Crippen LogP contribution < -0.4 is 10.6 Å². The topological polar surface area (TPSA) is 91.4 Å². The van der Waals surface area contributed by atoms with Crippen molar-refractivity contribution in [3.63, 3.8) is 0 Å². The smallest absolute Gasteiger partial charge is 0.224 e. The summed E-state index contributed by atoms with van der Waals surface area (Å²) in [6.07, 6.45) is 10.8. The molecule has 1 aromatic heterocycles. The van der Waals surface area contributed by atoms with Gasteiger partial charge in [-0.05, 0) is 68.3 Å². The van der Waals surface area contributed by atoms with Crippen LogP contribution in [-0.2, 0) is 20.8 Å². The molecule has 2 N–H and O–H groups in total. The van der Waals surface area contributed by atoms with Crippen LogP contribution in [-0.4, -0.2) is 60.2 Å². The van der Waals surface area contributed by atoms with Crippen LogP contribution in [0.1, 0.15) is 101 Å². The fourth-order valence-corrected chi connectivity index (χ4v) is 7.50. The first-order valence-electron chi connectivity index (χ1n) is 16.1. The molecule has 1 saturated heterocycles. The van der Waals surface area contributed by atoms with Gasteiger partial charge in [0.2, 0.25) is 11.8 Å². The Labute approximate surface area is 255 Å². The van der Waals surface area contributed by atoms with Crippen LogP contribution in [0.5, 0.6) is 0 Å². The predicted octanol–water partition coefficient (Wildman–Crippen LogP) is 6.17. The van der Waals surface area contributed by atoms with Gasteiger partial charge in [0, 0.05) is 44.5 Å². The average Bonchev–Trinajstić information content (AvgIpc) is 3.64. The molecule has 42 heavy (non-hydrogen) atoms. The molecule has 0 unspecified atom stereocenters. The van der Waals surface area contributed by atoms with E-state index >= 15 is 0 Å². The fourth-order valence-electron chi connectivity index (χ4n) is 6.40. The second-order valence-electron chi connectivity index (χ2n) is 12.8. The van der Waals surface area contributed by atoms with Crippen LogP contribution >= 0.6 is 11.3 Å². The molecule has 2 aromatic rings. The standard InChI is InChI=1S/C34H50N4O3S/c1-23(2)26-12-14-29-31(19-26)42-33(37-29)21-27(20-32(40)35-4)34(41)36-28(18-25-10-6-5-7-11-25)13-15-30(39)24(3)22-38-16-8-9-17-38/h12,14,19,23,25,27-28H,3,5-11,13,15-18,20-22H2,1-2,4H3,(H,35,40)(H,36,41)/t27-,28+/m0/s1. The van der Waals surface area contributed by atoms with Gasteiger partial charge in [-0.1, -0.05) is 58.6 Å². The number of nitrogens with one attached hydrogen (secondary N) is 2. The van der Waals surface area contributed by atoms with Crippen molar-refractivity contribution in [3.05, 3.63) is 40.9 Å². The molecule has 2 atom stereocenters. The number of thiazole rings is 1. The van der Waals surface area contributed by atoms with E-state index < -0.39 is 5.92 Å². The van der Waals surface area contributed by atoms with Gasteiger partial charge in [0.25, 0.3) is 0 Å². The van der Waals surface area contributed by atoms with Crippen molar-refractivity contribution in [2.75, 3.05) is 26.7 Å². The van der Waals surface area contributed by atoms with Crippen molar-refractivity contribution in [2.45, 2.75) is 103 Å². The molecule has 2 fully saturated rings. The number of hydrogen-bond donors (Lipinski definition) is 2. The first kappa shape index (κ1) is 32.3. The Bertz CT molecular complexity index is 1230. The number of nitrogens with zero attached hydrogens (tertiary/aromatic N) is 2. The SMILES string of the molecule is C=C(CN1CCCC1)C(=O)CC[C@H](CC1CCCCC1)NC(=O)[C@@H](CC(=O)NC)Cc1nc2ccc(C(C)C)cc2s1. The Morgan fingerprint density at radius 3 is 2.52 bits per heavy atom. The molecule has 230 valence electrons. The van der Waals surface area contributed by atoms with Gasteiger partial charge in [-0.25, -0.2) is 4.98 Å². The lowest BCUT2D eigenvalue weighted by molar-refractivity contribution is -0.130. The van der Waals surface area contributed by atoms with E-state index in [1.165, 1.54) is 50.5 Å². The first-order chi connectivity index (χ1) is 20.2. The maximum Gasteiger partial charge on any atom is 0.224 e. The van der Waals surface area contributed by atoms with Crippen LogP contribution in [0.4, 0.5) is 0 Å². The predicted molar refractivity (Wildman–Crippen MR) is 172 cm³/mol. The Hall–Kier alpha value is -2.58. The van der Waals surface area contributed by atoms with Crippen LogP contribution in [0.15, 0.2) is 30.4 Å². The van der Waals surface area contributed by atoms with Gasteiger partial charge in [0.05, 0.1) is 21.1 Å². The lowest BCUT2D eigenvalue weighted by atomic mass is 9.83. The monoisotopic (exact) mass is 594 g/mol. The van der Waals surface area contributed by atoms with Crippen molar-refractivity contribution in [1.82, 2.24) is 20.5 Å². The highest BCUT2D eigenvalue weighted by molar-refractivity contribution is 7.18. The average molecular weight is 595 g/mol. The van der Waals surface area contributed by atoms with Crippen molar-refractivity contribution in [3.8, 4) is 0 Å². The van der Waals surface area contributed by atoms with Gasteiger partial charge in [-0.3, -0.25) is 19.3 Å². The minimum Gasteiger partial charge on any atom is -0.359 e. The van der Waals surface area contributed by atoms with Crippen molar-refractivity contribution in [2.24, 2.45) is 11.8 Å². The molecule has 2 aliphatic rings. The van der Waals surface area contributed by atoms with Gasteiger partial charge in [-0.2, -0.15) is 0 Å². The first-order valence-corrected chi connectivity index (χ1v) is 16.9. The normalized spacial score (nSPS) is 17.8. The van der Waals surface area contributed by atoms with Crippen LogP contribution in [0.3, 0.4) is 0 Å². The third kappa shape index (κ3) is 9.46. The molecular weight excluding hydrogens is 544 g/mol. The summed E-state index contributed by atoms with van der Waals surface area (Å²) in [6, 6.07) is 6.25. The van der Waals surface area contributed by atoms with Crippen molar-refractivity contribution < 1.29 is 14.4 Å². The Morgan fingerprint density at radius 2 is 1.83 bits per heavy atom. The number of amides is 2. The van der Waals surface area contributed by atoms with Gasteiger partial charge in [-0.15, -0.1) is 11.3 Å². The highest BCUT2D eigenvalue weighted by atomic mass is 32.1. The van der Waals surface area contributed by atoms with E-state index in [0.29, 0.717) is 43.2 Å². The van der Waals surface area contributed by atoms with Gasteiger partial charge in [0.1, 0.15) is 0 Å². The highest BCUT2D eigenvalue weighted by Gasteiger charge is 2.28. The van der Waals surface area contributed by atoms with Crippen LogP contribution in [0.25, 0.3) is 10.2 Å². The summed E-state index contributed by atoms with van der Waals surface area (Å²) >= 11 is 1.61. The lowest BCUT2D eigenvalue weighted by Gasteiger charge is -2.28. The van der Waals surface area contributed by atoms with E-state index in [9.17, 15) is 14.4 Å². The molecule has 2 heterocycles. The number of ketones is 1. The minimum absolute atomic E-state index is 0.0970. The molecule has 8 heteroatoms. The van der Waals surface area contributed by atoms with Crippen molar-refractivity contribution >= 4 is 39.2 Å². The maximum absolute atomic E-state index is 13.8. The van der Waals surface area contributed by atoms with E-state index in [2.05, 4.69) is 48.1 Å². The molecule has 0 spiro atoms. The molecule has 0 radical (unpaired) electrons. The van der Waals surface area contributed by atoms with E-state index in [-0.39, 0.29) is 30.1 Å². The number of aromatic nitrogens is 1.